The molecule has 8 nitrogen and oxygen atoms in total. The quantitative estimate of drug-likeness (QED) is 0.483. The molecule has 2 rings (SSSR count). The minimum absolute atomic E-state index is 0.288. The maximum atomic E-state index is 12.2. The van der Waals surface area contributed by atoms with E-state index in [4.69, 9.17) is 0 Å². The molecule has 0 aliphatic carbocycles. The minimum Gasteiger partial charge on any atom is -0.465 e. The molecule has 0 heterocycles. The van der Waals surface area contributed by atoms with Crippen molar-refractivity contribution in [2.75, 3.05) is 27.3 Å². The SMILES string of the molecule is COC(=O)c1cccc(C(=O)NCCCCNC(=O)c2cccc(C(=O)OC)c2)c1. The Labute approximate surface area is 174 Å². The van der Waals surface area contributed by atoms with E-state index in [2.05, 4.69) is 20.1 Å². The summed E-state index contributed by atoms with van der Waals surface area (Å²) in [7, 11) is 2.56. The highest BCUT2D eigenvalue weighted by Gasteiger charge is 2.11. The van der Waals surface area contributed by atoms with Gasteiger partial charge in [0.25, 0.3) is 11.8 Å². The second-order valence-electron chi connectivity index (χ2n) is 6.36. The lowest BCUT2D eigenvalue weighted by molar-refractivity contribution is 0.0591. The number of hydrogen-bond acceptors (Lipinski definition) is 6. The van der Waals surface area contributed by atoms with Crippen LogP contribution in [0.2, 0.25) is 0 Å². The molecule has 0 atom stereocenters. The van der Waals surface area contributed by atoms with Crippen molar-refractivity contribution < 1.29 is 28.7 Å². The van der Waals surface area contributed by atoms with E-state index in [-0.39, 0.29) is 11.8 Å². The van der Waals surface area contributed by atoms with Crippen molar-refractivity contribution in [3.05, 3.63) is 70.8 Å². The number of amides is 2. The first-order chi connectivity index (χ1) is 14.5. The highest BCUT2D eigenvalue weighted by molar-refractivity contribution is 5.98. The summed E-state index contributed by atoms with van der Waals surface area (Å²) in [5.74, 6) is -1.58. The summed E-state index contributed by atoms with van der Waals surface area (Å²) in [5.41, 5.74) is 1.36. The third-order valence-corrected chi connectivity index (χ3v) is 4.27. The molecule has 2 aromatic rings. The standard InChI is InChI=1S/C22H24N2O6/c1-29-21(27)17-9-5-7-15(13-17)19(25)23-11-3-4-12-24-20(26)16-8-6-10-18(14-16)22(28)30-2/h5-10,13-14H,3-4,11-12H2,1-2H3,(H,23,25)(H,24,26). The third kappa shape index (κ3) is 6.44. The van der Waals surface area contributed by atoms with Crippen molar-refractivity contribution in [3.63, 3.8) is 0 Å². The third-order valence-electron chi connectivity index (χ3n) is 4.27. The normalized spacial score (nSPS) is 10.1. The molecule has 158 valence electrons. The molecule has 0 bridgehead atoms. The molecular formula is C22H24N2O6. The molecule has 0 aliphatic rings. The van der Waals surface area contributed by atoms with Gasteiger partial charge in [0.05, 0.1) is 25.3 Å². The van der Waals surface area contributed by atoms with Crippen molar-refractivity contribution in [3.8, 4) is 0 Å². The molecule has 0 unspecified atom stereocenters. The number of esters is 2. The van der Waals surface area contributed by atoms with Crippen LogP contribution in [-0.4, -0.2) is 51.1 Å². The molecule has 0 spiro atoms. The topological polar surface area (TPSA) is 111 Å². The Morgan fingerprint density at radius 1 is 0.667 bits per heavy atom. The van der Waals surface area contributed by atoms with Gasteiger partial charge in [0.1, 0.15) is 0 Å². The zero-order valence-corrected chi connectivity index (χ0v) is 16.9. The molecule has 0 fully saturated rings. The number of methoxy groups -OCH3 is 2. The lowest BCUT2D eigenvalue weighted by Crippen LogP contribution is -2.27. The summed E-state index contributed by atoms with van der Waals surface area (Å²) in [5, 5.41) is 5.55. The predicted molar refractivity (Wildman–Crippen MR) is 109 cm³/mol. The van der Waals surface area contributed by atoms with E-state index in [9.17, 15) is 19.2 Å². The van der Waals surface area contributed by atoms with Crippen LogP contribution in [0.15, 0.2) is 48.5 Å². The maximum Gasteiger partial charge on any atom is 0.337 e. The largest absolute Gasteiger partial charge is 0.465 e. The van der Waals surface area contributed by atoms with Crippen LogP contribution >= 0.6 is 0 Å². The molecule has 0 aliphatic heterocycles. The molecule has 8 heteroatoms. The van der Waals surface area contributed by atoms with Gasteiger partial charge in [-0.25, -0.2) is 9.59 Å². The van der Waals surface area contributed by atoms with Gasteiger partial charge < -0.3 is 20.1 Å². The lowest BCUT2D eigenvalue weighted by Gasteiger charge is -2.08. The first kappa shape index (κ1) is 22.6. The van der Waals surface area contributed by atoms with E-state index in [0.29, 0.717) is 48.2 Å². The summed E-state index contributed by atoms with van der Waals surface area (Å²) in [6.45, 7) is 0.851. The summed E-state index contributed by atoms with van der Waals surface area (Å²) in [4.78, 5) is 47.4. The van der Waals surface area contributed by atoms with E-state index in [1.165, 1.54) is 26.4 Å². The van der Waals surface area contributed by atoms with Crippen LogP contribution in [-0.2, 0) is 9.47 Å². The number of hydrogen-bond donors (Lipinski definition) is 2. The van der Waals surface area contributed by atoms with Gasteiger partial charge in [0.15, 0.2) is 0 Å². The van der Waals surface area contributed by atoms with E-state index in [1.807, 2.05) is 0 Å². The van der Waals surface area contributed by atoms with Crippen LogP contribution in [0.5, 0.6) is 0 Å². The highest BCUT2D eigenvalue weighted by atomic mass is 16.5. The Balaban J connectivity index is 1.72. The molecule has 0 radical (unpaired) electrons. The van der Waals surface area contributed by atoms with Crippen molar-refractivity contribution in [2.45, 2.75) is 12.8 Å². The van der Waals surface area contributed by atoms with E-state index in [0.717, 1.165) is 0 Å². The molecule has 2 amide bonds. The van der Waals surface area contributed by atoms with Gasteiger partial charge in [-0.15, -0.1) is 0 Å². The molecule has 30 heavy (non-hydrogen) atoms. The Kier molecular flexibility index (Phi) is 8.56. The van der Waals surface area contributed by atoms with Gasteiger partial charge >= 0.3 is 11.9 Å². The second kappa shape index (κ2) is 11.4. The van der Waals surface area contributed by atoms with Crippen molar-refractivity contribution in [1.29, 1.82) is 0 Å². The van der Waals surface area contributed by atoms with Crippen LogP contribution in [0.1, 0.15) is 54.3 Å². The van der Waals surface area contributed by atoms with Crippen molar-refractivity contribution in [2.24, 2.45) is 0 Å². The Morgan fingerprint density at radius 3 is 1.40 bits per heavy atom. The van der Waals surface area contributed by atoms with Gasteiger partial charge in [-0.3, -0.25) is 9.59 Å². The highest BCUT2D eigenvalue weighted by Crippen LogP contribution is 2.08. The Hall–Kier alpha value is -3.68. The van der Waals surface area contributed by atoms with Gasteiger partial charge in [-0.2, -0.15) is 0 Å². The number of nitrogens with one attached hydrogen (secondary N) is 2. The van der Waals surface area contributed by atoms with Crippen LogP contribution in [0.4, 0.5) is 0 Å². The Morgan fingerprint density at radius 2 is 1.03 bits per heavy atom. The van der Waals surface area contributed by atoms with Crippen LogP contribution in [0.3, 0.4) is 0 Å². The van der Waals surface area contributed by atoms with Crippen molar-refractivity contribution in [1.82, 2.24) is 10.6 Å². The van der Waals surface area contributed by atoms with Gasteiger partial charge in [0.2, 0.25) is 0 Å². The molecule has 0 saturated heterocycles. The predicted octanol–water partition coefficient (Wildman–Crippen LogP) is 2.20. The fraction of sp³-hybridized carbons (Fsp3) is 0.273. The zero-order valence-electron chi connectivity index (χ0n) is 16.9. The van der Waals surface area contributed by atoms with E-state index >= 15 is 0 Å². The van der Waals surface area contributed by atoms with Gasteiger partial charge in [-0.1, -0.05) is 12.1 Å². The fourth-order valence-corrected chi connectivity index (χ4v) is 2.67. The number of rotatable bonds is 9. The Bertz CT molecular complexity index is 850. The first-order valence-corrected chi connectivity index (χ1v) is 9.39. The fourth-order valence-electron chi connectivity index (χ4n) is 2.67. The first-order valence-electron chi connectivity index (χ1n) is 9.39. The lowest BCUT2D eigenvalue weighted by atomic mass is 10.1. The molecule has 0 saturated carbocycles. The monoisotopic (exact) mass is 412 g/mol. The minimum atomic E-state index is -0.502. The van der Waals surface area contributed by atoms with E-state index in [1.54, 1.807) is 36.4 Å². The van der Waals surface area contributed by atoms with Crippen LogP contribution in [0.25, 0.3) is 0 Å². The average Bonchev–Trinajstić information content (AvgIpc) is 2.79. The zero-order chi connectivity index (χ0) is 21.9. The summed E-state index contributed by atoms with van der Waals surface area (Å²) >= 11 is 0. The number of carbonyl (C=O) groups excluding carboxylic acids is 4. The van der Waals surface area contributed by atoms with Crippen LogP contribution in [0, 0.1) is 0 Å². The van der Waals surface area contributed by atoms with Gasteiger partial charge in [0, 0.05) is 24.2 Å². The summed E-state index contributed by atoms with van der Waals surface area (Å²) in [6, 6.07) is 12.6. The number of carbonyl (C=O) groups is 4. The molecular weight excluding hydrogens is 388 g/mol. The summed E-state index contributed by atoms with van der Waals surface area (Å²) < 4.78 is 9.29. The van der Waals surface area contributed by atoms with Gasteiger partial charge in [-0.05, 0) is 49.2 Å². The van der Waals surface area contributed by atoms with E-state index < -0.39 is 11.9 Å². The molecule has 0 aromatic heterocycles. The molecule has 2 aromatic carbocycles. The smallest absolute Gasteiger partial charge is 0.337 e. The molecule has 2 N–H and O–H groups in total. The average molecular weight is 412 g/mol. The number of unbranched alkanes of at least 4 members (excludes halogenated alkanes) is 1. The van der Waals surface area contributed by atoms with Crippen LogP contribution < -0.4 is 10.6 Å². The maximum absolute atomic E-state index is 12.2. The number of ether oxygens (including phenoxy) is 2. The second-order valence-corrected chi connectivity index (χ2v) is 6.36. The van der Waals surface area contributed by atoms with Crippen molar-refractivity contribution >= 4 is 23.8 Å². The number of benzene rings is 2. The summed E-state index contributed by atoms with van der Waals surface area (Å²) in [6.07, 6.45) is 1.32.